The maximum Gasteiger partial charge on any atom is 0.408 e. The number of piperidine rings is 1. The fourth-order valence-electron chi connectivity index (χ4n) is 14.4. The lowest BCUT2D eigenvalue weighted by Crippen LogP contribution is -2.51. The number of methoxy groups -OCH3 is 1. The van der Waals surface area contributed by atoms with Gasteiger partial charge >= 0.3 is 18.0 Å². The molecule has 2 unspecified atom stereocenters. The number of rotatable bonds is 35. The van der Waals surface area contributed by atoms with Crippen molar-refractivity contribution in [2.24, 2.45) is 46.3 Å². The number of nitrogens with one attached hydrogen (secondary N) is 1. The van der Waals surface area contributed by atoms with Crippen LogP contribution in [0.15, 0.2) is 23.8 Å². The molecule has 0 radical (unpaired) electrons. The summed E-state index contributed by atoms with van der Waals surface area (Å²) < 4.78 is 29.0. The predicted octanol–water partition coefficient (Wildman–Crippen LogP) is 14.9. The molecule has 1 amide bonds. The van der Waals surface area contributed by atoms with Gasteiger partial charge in [-0.2, -0.15) is 0 Å². The monoisotopic (exact) mass is 1010 g/mol. The number of nitrogens with zero attached hydrogens (tertiary/aromatic N) is 1. The van der Waals surface area contributed by atoms with Crippen LogP contribution in [-0.4, -0.2) is 94.4 Å². The van der Waals surface area contributed by atoms with Crippen molar-refractivity contribution in [3.05, 3.63) is 23.8 Å². The van der Waals surface area contributed by atoms with E-state index in [0.29, 0.717) is 17.9 Å². The van der Waals surface area contributed by atoms with Gasteiger partial charge in [0.25, 0.3) is 0 Å². The van der Waals surface area contributed by atoms with Gasteiger partial charge in [0.2, 0.25) is 0 Å². The van der Waals surface area contributed by atoms with Crippen molar-refractivity contribution in [2.75, 3.05) is 53.2 Å². The van der Waals surface area contributed by atoms with Crippen LogP contribution < -0.4 is 5.32 Å². The van der Waals surface area contributed by atoms with Gasteiger partial charge in [-0.05, 0) is 156 Å². The second-order valence-corrected chi connectivity index (χ2v) is 24.4. The molecular formula is C62H108N2O8. The van der Waals surface area contributed by atoms with E-state index in [9.17, 15) is 14.4 Å². The van der Waals surface area contributed by atoms with Gasteiger partial charge in [-0.15, -0.1) is 0 Å². The van der Waals surface area contributed by atoms with Gasteiger partial charge < -0.3 is 33.9 Å². The maximum atomic E-state index is 13.3. The summed E-state index contributed by atoms with van der Waals surface area (Å²) in [7, 11) is 1.29. The van der Waals surface area contributed by atoms with Gasteiger partial charge in [0.05, 0.1) is 26.4 Å². The Morgan fingerprint density at radius 1 is 0.778 bits per heavy atom. The molecule has 5 rings (SSSR count). The summed E-state index contributed by atoms with van der Waals surface area (Å²) in [6.45, 7) is 19.3. The number of fused-ring (bicyclic) bond motifs is 5. The third-order valence-corrected chi connectivity index (χ3v) is 18.7. The second kappa shape index (κ2) is 32.9. The molecule has 4 aliphatic carbocycles. The first kappa shape index (κ1) is 60.4. The standard InChI is InChI=1S/C62H108N2O8/c1-8-9-10-11-12-13-14-15-16-17-18-19-20-21-22-26-42-69-47-52(46-64-40-24-23-25-41-64)70-43-44-71-58(65)35-34-57(59(66)68-7)63-60(67)72-51-36-38-61(5)50(45-51)30-31-53-55-33-32-54(49(4)29-27-28-48(2)3)62(55,6)39-37-56(53)61/h15-16,30,48-49,51-57H,8-14,17-29,31-47H2,1-7H3,(H,63,67)/b16-15-/t49-,51+,52?,53+,54-,55+,56+,57?,61+,62-/m1/s1. The highest BCUT2D eigenvalue weighted by atomic mass is 16.6. The molecule has 0 bridgehead atoms. The number of carbonyl (C=O) groups is 3. The minimum Gasteiger partial charge on any atom is -0.467 e. The Morgan fingerprint density at radius 2 is 1.49 bits per heavy atom. The lowest BCUT2D eigenvalue weighted by Gasteiger charge is -2.58. The number of allylic oxidation sites excluding steroid dienone is 3. The van der Waals surface area contributed by atoms with Gasteiger partial charge in [0, 0.05) is 26.0 Å². The molecule has 414 valence electrons. The van der Waals surface area contributed by atoms with Crippen LogP contribution in [0.4, 0.5) is 4.79 Å². The quantitative estimate of drug-likeness (QED) is 0.0287. The summed E-state index contributed by atoms with van der Waals surface area (Å²) >= 11 is 0. The van der Waals surface area contributed by atoms with E-state index in [1.54, 1.807) is 0 Å². The Balaban J connectivity index is 0.959. The van der Waals surface area contributed by atoms with Crippen LogP contribution in [0.1, 0.15) is 234 Å². The van der Waals surface area contributed by atoms with Crippen molar-refractivity contribution in [3.63, 3.8) is 0 Å². The summed E-state index contributed by atoms with van der Waals surface area (Å²) in [5, 5.41) is 2.73. The Kier molecular flexibility index (Phi) is 27.6. The van der Waals surface area contributed by atoms with E-state index in [0.717, 1.165) is 87.9 Å². The van der Waals surface area contributed by atoms with E-state index in [-0.39, 0.29) is 43.7 Å². The first-order valence-electron chi connectivity index (χ1n) is 30.3. The normalized spacial score (nSPS) is 27.6. The Bertz CT molecular complexity index is 1610. The smallest absolute Gasteiger partial charge is 0.408 e. The number of ether oxygens (including phenoxy) is 5. The molecule has 1 N–H and O–H groups in total. The van der Waals surface area contributed by atoms with Crippen LogP contribution in [0.2, 0.25) is 0 Å². The Morgan fingerprint density at radius 3 is 2.19 bits per heavy atom. The molecule has 0 aromatic rings. The fourth-order valence-corrected chi connectivity index (χ4v) is 14.4. The molecule has 0 spiro atoms. The van der Waals surface area contributed by atoms with E-state index in [1.807, 2.05) is 0 Å². The van der Waals surface area contributed by atoms with Crippen LogP contribution in [0, 0.1) is 46.3 Å². The second-order valence-electron chi connectivity index (χ2n) is 24.4. The highest BCUT2D eigenvalue weighted by molar-refractivity contribution is 5.82. The lowest BCUT2D eigenvalue weighted by atomic mass is 9.47. The van der Waals surface area contributed by atoms with Crippen molar-refractivity contribution in [3.8, 4) is 0 Å². The minimum absolute atomic E-state index is 0.0498. The Labute approximate surface area is 440 Å². The van der Waals surface area contributed by atoms with E-state index >= 15 is 0 Å². The summed E-state index contributed by atoms with van der Waals surface area (Å²) in [5.41, 5.74) is 2.06. The molecule has 1 aliphatic heterocycles. The first-order valence-corrected chi connectivity index (χ1v) is 30.3. The maximum absolute atomic E-state index is 13.3. The number of carbonyl (C=O) groups excluding carboxylic acids is 3. The molecule has 10 heteroatoms. The van der Waals surface area contributed by atoms with Crippen molar-refractivity contribution < 1.29 is 38.1 Å². The van der Waals surface area contributed by atoms with Crippen LogP contribution in [0.5, 0.6) is 0 Å². The predicted molar refractivity (Wildman–Crippen MR) is 293 cm³/mol. The van der Waals surface area contributed by atoms with Crippen LogP contribution in [-0.2, 0) is 33.3 Å². The number of hydrogen-bond acceptors (Lipinski definition) is 9. The van der Waals surface area contributed by atoms with Crippen LogP contribution >= 0.6 is 0 Å². The molecule has 4 fully saturated rings. The number of amides is 1. The van der Waals surface area contributed by atoms with Crippen LogP contribution in [0.25, 0.3) is 0 Å². The summed E-state index contributed by atoms with van der Waals surface area (Å²) in [6, 6.07) is -1.02. The van der Waals surface area contributed by atoms with Crippen LogP contribution in [0.3, 0.4) is 0 Å². The number of likely N-dealkylation sites (tertiary alicyclic amines) is 1. The zero-order valence-corrected chi connectivity index (χ0v) is 47.3. The molecule has 10 nitrogen and oxygen atoms in total. The lowest BCUT2D eigenvalue weighted by molar-refractivity contribution is -0.147. The van der Waals surface area contributed by atoms with Gasteiger partial charge in [0.1, 0.15) is 18.8 Å². The highest BCUT2D eigenvalue weighted by Gasteiger charge is 2.59. The molecular weight excluding hydrogens is 901 g/mol. The molecule has 3 saturated carbocycles. The zero-order chi connectivity index (χ0) is 51.6. The largest absolute Gasteiger partial charge is 0.467 e. The number of hydrogen-bond donors (Lipinski definition) is 1. The van der Waals surface area contributed by atoms with Crippen molar-refractivity contribution in [1.29, 1.82) is 0 Å². The molecule has 10 atom stereocenters. The summed E-state index contributed by atoms with van der Waals surface area (Å²) in [4.78, 5) is 41.5. The van der Waals surface area contributed by atoms with E-state index < -0.39 is 24.1 Å². The fraction of sp³-hybridized carbons (Fsp3) is 0.887. The third kappa shape index (κ3) is 19.6. The van der Waals surface area contributed by atoms with Crippen molar-refractivity contribution in [1.82, 2.24) is 10.2 Å². The minimum atomic E-state index is -1.02. The molecule has 72 heavy (non-hydrogen) atoms. The zero-order valence-electron chi connectivity index (χ0n) is 47.3. The highest BCUT2D eigenvalue weighted by Crippen LogP contribution is 2.67. The van der Waals surface area contributed by atoms with Gasteiger partial charge in [-0.1, -0.05) is 149 Å². The van der Waals surface area contributed by atoms with E-state index in [1.165, 1.54) is 160 Å². The number of unbranched alkanes of at least 4 members (excludes halogenated alkanes) is 12. The molecule has 1 heterocycles. The SMILES string of the molecule is CCCCCCCC/C=C\CCCCCCCCOCC(CN1CCCCC1)OCCOC(=O)CCC(NC(=O)O[C@H]1CC[C@@]2(C)C(=CC[C@H]3[C@@H]4CC[C@H]([C@H](C)CCCC(C)C)[C@@]4(C)CC[C@@H]32)C1)C(=O)OC. The van der Waals surface area contributed by atoms with E-state index in [4.69, 9.17) is 23.7 Å². The van der Waals surface area contributed by atoms with E-state index in [2.05, 4.69) is 70.0 Å². The molecule has 5 aliphatic rings. The number of alkyl carbamates (subject to hydrolysis) is 1. The average Bonchev–Trinajstić information content (AvgIpc) is 3.73. The molecule has 0 aromatic carbocycles. The number of esters is 2. The third-order valence-electron chi connectivity index (χ3n) is 18.7. The topological polar surface area (TPSA) is 113 Å². The van der Waals surface area contributed by atoms with Gasteiger partial charge in [-0.3, -0.25) is 4.79 Å². The van der Waals surface area contributed by atoms with Crippen molar-refractivity contribution >= 4 is 18.0 Å². The summed E-state index contributed by atoms with van der Waals surface area (Å²) in [5.74, 6) is 3.61. The summed E-state index contributed by atoms with van der Waals surface area (Å²) in [6.07, 6.45) is 41.2. The molecule has 1 saturated heterocycles. The average molecular weight is 1010 g/mol. The van der Waals surface area contributed by atoms with Gasteiger partial charge in [0.15, 0.2) is 0 Å². The molecule has 0 aromatic heterocycles. The Hall–Kier alpha value is -2.43. The van der Waals surface area contributed by atoms with Gasteiger partial charge in [-0.25, -0.2) is 9.59 Å². The van der Waals surface area contributed by atoms with Crippen molar-refractivity contribution in [2.45, 2.75) is 252 Å². The first-order chi connectivity index (χ1) is 34.9.